The van der Waals surface area contributed by atoms with E-state index in [-0.39, 0.29) is 29.1 Å². The molecule has 1 heterocycles. The maximum Gasteiger partial charge on any atom is 0.258 e. The van der Waals surface area contributed by atoms with Crippen molar-refractivity contribution in [2.24, 2.45) is 0 Å². The number of halogens is 3. The van der Waals surface area contributed by atoms with Crippen molar-refractivity contribution in [3.63, 3.8) is 0 Å². The second kappa shape index (κ2) is 9.26. The highest BCUT2D eigenvalue weighted by molar-refractivity contribution is 6.33. The predicted octanol–water partition coefficient (Wildman–Crippen LogP) is 3.93. The first-order valence-corrected chi connectivity index (χ1v) is 9.60. The SMILES string of the molecule is O=C(COc1ccc(Cl)cc1)NC1CCN(C(=O)c2c(F)cccc2Cl)CC1. The van der Waals surface area contributed by atoms with Gasteiger partial charge in [-0.3, -0.25) is 9.59 Å². The Hall–Kier alpha value is -2.31. The van der Waals surface area contributed by atoms with Crippen LogP contribution >= 0.6 is 23.2 Å². The van der Waals surface area contributed by atoms with Crippen LogP contribution in [0.25, 0.3) is 0 Å². The van der Waals surface area contributed by atoms with E-state index < -0.39 is 11.7 Å². The summed E-state index contributed by atoms with van der Waals surface area (Å²) >= 11 is 11.8. The highest BCUT2D eigenvalue weighted by atomic mass is 35.5. The normalized spacial score (nSPS) is 14.6. The molecule has 0 aliphatic carbocycles. The van der Waals surface area contributed by atoms with Crippen LogP contribution in [0.2, 0.25) is 10.0 Å². The molecule has 5 nitrogen and oxygen atoms in total. The molecule has 0 saturated carbocycles. The van der Waals surface area contributed by atoms with Crippen molar-refractivity contribution in [3.05, 3.63) is 63.9 Å². The predicted molar refractivity (Wildman–Crippen MR) is 105 cm³/mol. The third-order valence-electron chi connectivity index (χ3n) is 4.51. The Kier molecular flexibility index (Phi) is 6.75. The Morgan fingerprint density at radius 1 is 1.11 bits per heavy atom. The summed E-state index contributed by atoms with van der Waals surface area (Å²) in [7, 11) is 0. The number of nitrogens with one attached hydrogen (secondary N) is 1. The molecular formula is C20H19Cl2FN2O3. The average molecular weight is 425 g/mol. The van der Waals surface area contributed by atoms with Gasteiger partial charge in [-0.25, -0.2) is 4.39 Å². The first kappa shape index (κ1) is 20.4. The second-order valence-corrected chi connectivity index (χ2v) is 7.32. The first-order valence-electron chi connectivity index (χ1n) is 8.85. The van der Waals surface area contributed by atoms with Gasteiger partial charge in [0.05, 0.1) is 10.6 Å². The van der Waals surface area contributed by atoms with Crippen LogP contribution in [0.4, 0.5) is 4.39 Å². The lowest BCUT2D eigenvalue weighted by atomic mass is 10.0. The van der Waals surface area contributed by atoms with Crippen LogP contribution in [0.15, 0.2) is 42.5 Å². The van der Waals surface area contributed by atoms with E-state index in [1.165, 1.54) is 18.2 Å². The van der Waals surface area contributed by atoms with E-state index >= 15 is 0 Å². The van der Waals surface area contributed by atoms with Gasteiger partial charge in [-0.05, 0) is 49.2 Å². The third kappa shape index (κ3) is 5.14. The lowest BCUT2D eigenvalue weighted by Crippen LogP contribution is -2.47. The molecule has 28 heavy (non-hydrogen) atoms. The van der Waals surface area contributed by atoms with Crippen molar-refractivity contribution in [2.45, 2.75) is 18.9 Å². The van der Waals surface area contributed by atoms with Gasteiger partial charge in [-0.15, -0.1) is 0 Å². The largest absolute Gasteiger partial charge is 0.484 e. The lowest BCUT2D eigenvalue weighted by Gasteiger charge is -2.32. The molecule has 0 atom stereocenters. The van der Waals surface area contributed by atoms with E-state index in [9.17, 15) is 14.0 Å². The Labute approximate surface area is 172 Å². The smallest absolute Gasteiger partial charge is 0.258 e. The summed E-state index contributed by atoms with van der Waals surface area (Å²) in [5.74, 6) is -0.746. The topological polar surface area (TPSA) is 58.6 Å². The number of likely N-dealkylation sites (tertiary alicyclic amines) is 1. The number of ether oxygens (including phenoxy) is 1. The minimum atomic E-state index is -0.632. The van der Waals surface area contributed by atoms with E-state index in [2.05, 4.69) is 5.32 Å². The monoisotopic (exact) mass is 424 g/mol. The van der Waals surface area contributed by atoms with Crippen LogP contribution in [0, 0.1) is 5.82 Å². The van der Waals surface area contributed by atoms with E-state index in [4.69, 9.17) is 27.9 Å². The minimum Gasteiger partial charge on any atom is -0.484 e. The van der Waals surface area contributed by atoms with Gasteiger partial charge in [0.2, 0.25) is 0 Å². The molecule has 2 aromatic carbocycles. The van der Waals surface area contributed by atoms with Crippen molar-refractivity contribution in [1.29, 1.82) is 0 Å². The number of amides is 2. The van der Waals surface area contributed by atoms with E-state index in [0.29, 0.717) is 36.7 Å². The van der Waals surface area contributed by atoms with Crippen molar-refractivity contribution in [2.75, 3.05) is 19.7 Å². The van der Waals surface area contributed by atoms with Gasteiger partial charge in [-0.2, -0.15) is 0 Å². The number of carbonyl (C=O) groups is 2. The molecule has 0 aromatic heterocycles. The quantitative estimate of drug-likeness (QED) is 0.790. The summed E-state index contributed by atoms with van der Waals surface area (Å²) in [6.45, 7) is 0.713. The highest BCUT2D eigenvalue weighted by Gasteiger charge is 2.27. The molecule has 0 radical (unpaired) electrons. The standard InChI is InChI=1S/C20H19Cl2FN2O3/c21-13-4-6-15(7-5-13)28-12-18(26)24-14-8-10-25(11-9-14)20(27)19-16(22)2-1-3-17(19)23/h1-7,14H,8-12H2,(H,24,26). The number of carbonyl (C=O) groups excluding carboxylic acids is 2. The summed E-state index contributed by atoms with van der Waals surface area (Å²) in [6.07, 6.45) is 1.15. The lowest BCUT2D eigenvalue weighted by molar-refractivity contribution is -0.124. The van der Waals surface area contributed by atoms with Crippen LogP contribution < -0.4 is 10.1 Å². The van der Waals surface area contributed by atoms with E-state index in [0.717, 1.165) is 0 Å². The molecule has 1 N–H and O–H groups in total. The number of hydrogen-bond donors (Lipinski definition) is 1. The number of nitrogens with zero attached hydrogens (tertiary/aromatic N) is 1. The molecule has 0 unspecified atom stereocenters. The summed E-state index contributed by atoms with van der Waals surface area (Å²) in [5, 5.41) is 3.58. The molecule has 1 fully saturated rings. The van der Waals surface area contributed by atoms with Crippen molar-refractivity contribution in [1.82, 2.24) is 10.2 Å². The molecule has 0 bridgehead atoms. The minimum absolute atomic E-state index is 0.0681. The maximum atomic E-state index is 13.9. The van der Waals surface area contributed by atoms with Gasteiger partial charge >= 0.3 is 0 Å². The zero-order chi connectivity index (χ0) is 20.1. The molecule has 0 spiro atoms. The van der Waals surface area contributed by atoms with Crippen LogP contribution in [-0.4, -0.2) is 42.5 Å². The number of piperidine rings is 1. The Morgan fingerprint density at radius 2 is 1.79 bits per heavy atom. The van der Waals surface area contributed by atoms with Gasteiger partial charge in [0.25, 0.3) is 11.8 Å². The van der Waals surface area contributed by atoms with Crippen LogP contribution in [0.3, 0.4) is 0 Å². The third-order valence-corrected chi connectivity index (χ3v) is 5.07. The summed E-state index contributed by atoms with van der Waals surface area (Å²) < 4.78 is 19.4. The van der Waals surface area contributed by atoms with Crippen molar-refractivity contribution >= 4 is 35.0 Å². The first-order chi connectivity index (χ1) is 13.4. The number of rotatable bonds is 5. The zero-order valence-corrected chi connectivity index (χ0v) is 16.5. The average Bonchev–Trinajstić information content (AvgIpc) is 2.68. The summed E-state index contributed by atoms with van der Waals surface area (Å²) in [5.41, 5.74) is -0.108. The number of benzene rings is 2. The Bertz CT molecular complexity index is 833. The molecule has 8 heteroatoms. The highest BCUT2D eigenvalue weighted by Crippen LogP contribution is 2.23. The fourth-order valence-corrected chi connectivity index (χ4v) is 3.41. The molecule has 2 aromatic rings. The molecule has 1 saturated heterocycles. The molecular weight excluding hydrogens is 406 g/mol. The maximum absolute atomic E-state index is 13.9. The summed E-state index contributed by atoms with van der Waals surface area (Å²) in [6, 6.07) is 10.8. The molecule has 1 aliphatic rings. The molecule has 1 aliphatic heterocycles. The second-order valence-electron chi connectivity index (χ2n) is 6.47. The number of hydrogen-bond acceptors (Lipinski definition) is 3. The Morgan fingerprint density at radius 3 is 2.43 bits per heavy atom. The van der Waals surface area contributed by atoms with Crippen LogP contribution in [0.5, 0.6) is 5.75 Å². The van der Waals surface area contributed by atoms with Gasteiger partial charge in [0.1, 0.15) is 11.6 Å². The van der Waals surface area contributed by atoms with Gasteiger partial charge < -0.3 is 15.0 Å². The molecule has 2 amide bonds. The zero-order valence-electron chi connectivity index (χ0n) is 15.0. The van der Waals surface area contributed by atoms with Crippen LogP contribution in [0.1, 0.15) is 23.2 Å². The van der Waals surface area contributed by atoms with Crippen LogP contribution in [-0.2, 0) is 4.79 Å². The summed E-state index contributed by atoms with van der Waals surface area (Å²) in [4.78, 5) is 26.2. The fraction of sp³-hybridized carbons (Fsp3) is 0.300. The molecule has 3 rings (SSSR count). The van der Waals surface area contributed by atoms with Crippen molar-refractivity contribution < 1.29 is 18.7 Å². The molecule has 148 valence electrons. The van der Waals surface area contributed by atoms with Gasteiger partial charge in [0.15, 0.2) is 6.61 Å². The van der Waals surface area contributed by atoms with Crippen molar-refractivity contribution in [3.8, 4) is 5.75 Å². The van der Waals surface area contributed by atoms with Gasteiger partial charge in [0, 0.05) is 24.2 Å². The fourth-order valence-electron chi connectivity index (χ4n) is 3.04. The van der Waals surface area contributed by atoms with E-state index in [1.54, 1.807) is 29.2 Å². The Balaban J connectivity index is 1.46. The van der Waals surface area contributed by atoms with Gasteiger partial charge in [-0.1, -0.05) is 29.3 Å². The van der Waals surface area contributed by atoms with E-state index in [1.807, 2.05) is 0 Å².